The molecule has 0 spiro atoms. The van der Waals surface area contributed by atoms with Crippen LogP contribution in [0.25, 0.3) is 11.3 Å². The molecule has 2 aromatic rings. The van der Waals surface area contributed by atoms with Crippen LogP contribution >= 0.6 is 0 Å². The summed E-state index contributed by atoms with van der Waals surface area (Å²) < 4.78 is 4.82. The summed E-state index contributed by atoms with van der Waals surface area (Å²) in [6.07, 6.45) is 0.616. The lowest BCUT2D eigenvalue weighted by atomic mass is 10.2. The lowest BCUT2D eigenvalue weighted by Gasteiger charge is -2.05. The van der Waals surface area contributed by atoms with E-state index >= 15 is 0 Å². The third-order valence-electron chi connectivity index (χ3n) is 3.27. The van der Waals surface area contributed by atoms with Crippen molar-refractivity contribution in [3.05, 3.63) is 48.2 Å². The average molecular weight is 329 g/mol. The van der Waals surface area contributed by atoms with E-state index in [1.54, 1.807) is 0 Å². The second-order valence-electron chi connectivity index (χ2n) is 5.05. The molecule has 7 nitrogen and oxygen atoms in total. The van der Waals surface area contributed by atoms with Gasteiger partial charge in [-0.15, -0.1) is 0 Å². The minimum atomic E-state index is -0.672. The molecule has 1 aromatic heterocycles. The monoisotopic (exact) mass is 329 g/mol. The van der Waals surface area contributed by atoms with Crippen LogP contribution in [-0.2, 0) is 20.7 Å². The van der Waals surface area contributed by atoms with Gasteiger partial charge in [0, 0.05) is 18.4 Å². The molecule has 2 rings (SSSR count). The van der Waals surface area contributed by atoms with Gasteiger partial charge in [0.05, 0.1) is 6.42 Å². The average Bonchev–Trinajstić information content (AvgIpc) is 3.08. The molecule has 0 saturated carbocycles. The van der Waals surface area contributed by atoms with Gasteiger partial charge < -0.3 is 15.0 Å². The van der Waals surface area contributed by atoms with Crippen LogP contribution in [0.3, 0.4) is 0 Å². The number of amides is 3. The number of rotatable bonds is 6. The largest absolute Gasteiger partial charge is 0.456 e. The lowest BCUT2D eigenvalue weighted by molar-refractivity contribution is -0.148. The zero-order valence-corrected chi connectivity index (χ0v) is 13.3. The highest BCUT2D eigenvalue weighted by Crippen LogP contribution is 2.18. The van der Waals surface area contributed by atoms with E-state index in [-0.39, 0.29) is 6.42 Å². The van der Waals surface area contributed by atoms with E-state index < -0.39 is 24.5 Å². The number of urea groups is 1. The van der Waals surface area contributed by atoms with Crippen LogP contribution in [0.5, 0.6) is 0 Å². The molecule has 0 aliphatic rings. The Hall–Kier alpha value is -3.09. The molecule has 0 bridgehead atoms. The third kappa shape index (κ3) is 5.28. The first-order chi connectivity index (χ1) is 11.6. The SMILES string of the molecule is CNC(=O)NC(=O)COC(=O)CCc1ccc(-c2ccccc2)[nH]1. The van der Waals surface area contributed by atoms with E-state index in [4.69, 9.17) is 4.74 Å². The van der Waals surface area contributed by atoms with E-state index in [0.717, 1.165) is 17.0 Å². The molecule has 0 radical (unpaired) electrons. The number of aromatic amines is 1. The second kappa shape index (κ2) is 8.52. The lowest BCUT2D eigenvalue weighted by Crippen LogP contribution is -2.39. The summed E-state index contributed by atoms with van der Waals surface area (Å²) in [4.78, 5) is 37.1. The van der Waals surface area contributed by atoms with Gasteiger partial charge in [-0.1, -0.05) is 30.3 Å². The molecular weight excluding hydrogens is 310 g/mol. The number of ether oxygens (including phenoxy) is 1. The highest BCUT2D eigenvalue weighted by Gasteiger charge is 2.10. The van der Waals surface area contributed by atoms with E-state index in [0.29, 0.717) is 6.42 Å². The first-order valence-corrected chi connectivity index (χ1v) is 7.49. The maximum absolute atomic E-state index is 11.6. The Balaban J connectivity index is 1.75. The molecule has 1 aromatic carbocycles. The number of hydrogen-bond acceptors (Lipinski definition) is 4. The van der Waals surface area contributed by atoms with Gasteiger partial charge >= 0.3 is 12.0 Å². The van der Waals surface area contributed by atoms with Gasteiger partial charge in [0.1, 0.15) is 0 Å². The molecule has 3 amide bonds. The van der Waals surface area contributed by atoms with Crippen molar-refractivity contribution in [3.63, 3.8) is 0 Å². The van der Waals surface area contributed by atoms with Crippen LogP contribution < -0.4 is 10.6 Å². The number of benzene rings is 1. The van der Waals surface area contributed by atoms with Gasteiger partial charge in [-0.2, -0.15) is 0 Å². The number of nitrogens with one attached hydrogen (secondary N) is 3. The predicted octanol–water partition coefficient (Wildman–Crippen LogP) is 1.61. The number of carbonyl (C=O) groups excluding carboxylic acids is 3. The van der Waals surface area contributed by atoms with E-state index in [1.807, 2.05) is 47.8 Å². The van der Waals surface area contributed by atoms with Crippen LogP contribution in [-0.4, -0.2) is 36.5 Å². The molecule has 0 fully saturated rings. The molecule has 0 atom stereocenters. The summed E-state index contributed by atoms with van der Waals surface area (Å²) >= 11 is 0. The van der Waals surface area contributed by atoms with Crippen LogP contribution in [0, 0.1) is 0 Å². The highest BCUT2D eigenvalue weighted by atomic mass is 16.5. The molecule has 0 aliphatic heterocycles. The van der Waals surface area contributed by atoms with Crippen molar-refractivity contribution in [1.82, 2.24) is 15.6 Å². The number of imide groups is 1. The van der Waals surface area contributed by atoms with Crippen molar-refractivity contribution < 1.29 is 19.1 Å². The minimum absolute atomic E-state index is 0.141. The summed E-state index contributed by atoms with van der Waals surface area (Å²) in [6, 6.07) is 13.1. The zero-order chi connectivity index (χ0) is 17.4. The van der Waals surface area contributed by atoms with Crippen molar-refractivity contribution in [2.45, 2.75) is 12.8 Å². The molecular formula is C17H19N3O4. The first kappa shape index (κ1) is 17.3. The van der Waals surface area contributed by atoms with Crippen LogP contribution in [0.1, 0.15) is 12.1 Å². The Labute approximate surface area is 139 Å². The standard InChI is InChI=1S/C17H19N3O4/c1-18-17(23)20-15(21)11-24-16(22)10-8-13-7-9-14(19-13)12-5-3-2-4-6-12/h2-7,9,19H,8,10-11H2,1H3,(H2,18,20,21,23). The van der Waals surface area contributed by atoms with Crippen molar-refractivity contribution in [2.75, 3.05) is 13.7 Å². The highest BCUT2D eigenvalue weighted by molar-refractivity contribution is 5.95. The number of hydrogen-bond donors (Lipinski definition) is 3. The quantitative estimate of drug-likeness (QED) is 0.701. The summed E-state index contributed by atoms with van der Waals surface area (Å²) in [6.45, 7) is -0.480. The summed E-state index contributed by atoms with van der Waals surface area (Å²) in [7, 11) is 1.38. The first-order valence-electron chi connectivity index (χ1n) is 7.49. The fourth-order valence-electron chi connectivity index (χ4n) is 2.05. The maximum Gasteiger partial charge on any atom is 0.321 e. The molecule has 24 heavy (non-hydrogen) atoms. The van der Waals surface area contributed by atoms with Gasteiger partial charge in [-0.25, -0.2) is 4.79 Å². The van der Waals surface area contributed by atoms with E-state index in [1.165, 1.54) is 7.05 Å². The molecule has 0 aliphatic carbocycles. The van der Waals surface area contributed by atoms with Gasteiger partial charge in [0.15, 0.2) is 6.61 Å². The van der Waals surface area contributed by atoms with Gasteiger partial charge in [-0.05, 0) is 24.1 Å². The van der Waals surface area contributed by atoms with Gasteiger partial charge in [0.2, 0.25) is 0 Å². The Morgan fingerprint density at radius 3 is 2.54 bits per heavy atom. The number of aromatic nitrogens is 1. The maximum atomic E-state index is 11.6. The molecule has 0 saturated heterocycles. The Morgan fingerprint density at radius 2 is 1.83 bits per heavy atom. The van der Waals surface area contributed by atoms with Crippen molar-refractivity contribution in [3.8, 4) is 11.3 Å². The molecule has 3 N–H and O–H groups in total. The summed E-state index contributed by atoms with van der Waals surface area (Å²) in [5.41, 5.74) is 2.95. The molecule has 7 heteroatoms. The summed E-state index contributed by atoms with van der Waals surface area (Å²) in [5.74, 6) is -1.17. The van der Waals surface area contributed by atoms with Gasteiger partial charge in [-0.3, -0.25) is 14.9 Å². The number of carbonyl (C=O) groups is 3. The number of esters is 1. The third-order valence-corrected chi connectivity index (χ3v) is 3.27. The van der Waals surface area contributed by atoms with Crippen molar-refractivity contribution in [1.29, 1.82) is 0 Å². The number of aryl methyl sites for hydroxylation is 1. The zero-order valence-electron chi connectivity index (χ0n) is 13.3. The number of H-pyrrole nitrogens is 1. The van der Waals surface area contributed by atoms with E-state index in [2.05, 4.69) is 10.3 Å². The van der Waals surface area contributed by atoms with Crippen LogP contribution in [0.2, 0.25) is 0 Å². The Bertz CT molecular complexity index is 710. The Morgan fingerprint density at radius 1 is 1.08 bits per heavy atom. The fourth-order valence-corrected chi connectivity index (χ4v) is 2.05. The Kier molecular flexibility index (Phi) is 6.13. The van der Waals surface area contributed by atoms with Crippen molar-refractivity contribution in [2.24, 2.45) is 0 Å². The fraction of sp³-hybridized carbons (Fsp3) is 0.235. The van der Waals surface area contributed by atoms with Crippen LogP contribution in [0.15, 0.2) is 42.5 Å². The molecule has 0 unspecified atom stereocenters. The van der Waals surface area contributed by atoms with Gasteiger partial charge in [0.25, 0.3) is 5.91 Å². The molecule has 1 heterocycles. The van der Waals surface area contributed by atoms with Crippen molar-refractivity contribution >= 4 is 17.9 Å². The topological polar surface area (TPSA) is 100 Å². The predicted molar refractivity (Wildman–Crippen MR) is 88.1 cm³/mol. The summed E-state index contributed by atoms with van der Waals surface area (Å²) in [5, 5.41) is 4.24. The smallest absolute Gasteiger partial charge is 0.321 e. The second-order valence-corrected chi connectivity index (χ2v) is 5.05. The van der Waals surface area contributed by atoms with Crippen LogP contribution in [0.4, 0.5) is 4.79 Å². The minimum Gasteiger partial charge on any atom is -0.456 e. The normalized spacial score (nSPS) is 10.0. The molecule has 126 valence electrons. The van der Waals surface area contributed by atoms with E-state index in [9.17, 15) is 14.4 Å².